The molecule has 0 saturated carbocycles. The van der Waals surface area contributed by atoms with Crippen LogP contribution < -0.4 is 5.32 Å². The fourth-order valence-corrected chi connectivity index (χ4v) is 2.10. The number of pyridine rings is 2. The van der Waals surface area contributed by atoms with Crippen LogP contribution in [0.1, 0.15) is 5.56 Å². The number of nitrogens with one attached hydrogen (secondary N) is 1. The second kappa shape index (κ2) is 5.65. The first-order valence-corrected chi connectivity index (χ1v) is 6.44. The number of nitro benzene ring substituents is 1. The summed E-state index contributed by atoms with van der Waals surface area (Å²) in [6.07, 6.45) is 2.63. The van der Waals surface area contributed by atoms with E-state index >= 15 is 0 Å². The van der Waals surface area contributed by atoms with Gasteiger partial charge in [-0.15, -0.1) is 0 Å². The van der Waals surface area contributed by atoms with Gasteiger partial charge in [0.25, 0.3) is 5.69 Å². The Kier molecular flexibility index (Phi) is 3.52. The van der Waals surface area contributed by atoms with Crippen LogP contribution in [0, 0.1) is 27.4 Å². The van der Waals surface area contributed by atoms with Gasteiger partial charge in [-0.25, -0.2) is 4.98 Å². The molecule has 3 aromatic rings. The van der Waals surface area contributed by atoms with Crippen molar-refractivity contribution >= 4 is 28.0 Å². The largest absolute Gasteiger partial charge is 0.354 e. The highest BCUT2D eigenvalue weighted by Gasteiger charge is 2.11. The summed E-state index contributed by atoms with van der Waals surface area (Å²) in [5.74, 6) is -0.693. The quantitative estimate of drug-likeness (QED) is 0.452. The first-order valence-electron chi connectivity index (χ1n) is 6.44. The van der Waals surface area contributed by atoms with E-state index in [4.69, 9.17) is 0 Å². The Bertz CT molecular complexity index is 950. The maximum Gasteiger partial charge on any atom is 0.269 e. The van der Waals surface area contributed by atoms with Crippen LogP contribution in [0.3, 0.4) is 0 Å². The third-order valence-electron chi connectivity index (χ3n) is 3.19. The van der Waals surface area contributed by atoms with Crippen molar-refractivity contribution in [3.05, 3.63) is 64.4 Å². The predicted octanol–water partition coefficient (Wildman–Crippen LogP) is 3.29. The van der Waals surface area contributed by atoms with Crippen molar-refractivity contribution in [3.63, 3.8) is 0 Å². The maximum atomic E-state index is 13.4. The van der Waals surface area contributed by atoms with Crippen molar-refractivity contribution in [3.8, 4) is 6.07 Å². The lowest BCUT2D eigenvalue weighted by molar-refractivity contribution is -0.384. The third kappa shape index (κ3) is 2.75. The minimum Gasteiger partial charge on any atom is -0.354 e. The normalized spacial score (nSPS) is 10.3. The second-order valence-electron chi connectivity index (χ2n) is 4.61. The van der Waals surface area contributed by atoms with Gasteiger partial charge in [0.15, 0.2) is 0 Å². The Hall–Kier alpha value is -3.60. The van der Waals surface area contributed by atoms with Gasteiger partial charge in [-0.3, -0.25) is 15.1 Å². The smallest absolute Gasteiger partial charge is 0.269 e. The molecular formula is C15H8FN5O2. The van der Waals surface area contributed by atoms with Crippen LogP contribution >= 0.6 is 0 Å². The van der Waals surface area contributed by atoms with Gasteiger partial charge >= 0.3 is 0 Å². The zero-order valence-electron chi connectivity index (χ0n) is 11.5. The van der Waals surface area contributed by atoms with Crippen LogP contribution in [-0.4, -0.2) is 14.9 Å². The van der Waals surface area contributed by atoms with Crippen molar-refractivity contribution in [1.29, 1.82) is 5.26 Å². The zero-order valence-corrected chi connectivity index (χ0v) is 11.5. The van der Waals surface area contributed by atoms with Crippen LogP contribution in [0.15, 0.2) is 42.7 Å². The van der Waals surface area contributed by atoms with Gasteiger partial charge in [-0.1, -0.05) is 0 Å². The van der Waals surface area contributed by atoms with Gasteiger partial charge in [0.05, 0.1) is 27.9 Å². The number of anilines is 2. The summed E-state index contributed by atoms with van der Waals surface area (Å²) in [6, 6.07) is 8.83. The standard InChI is InChI=1S/C15H8FN5O2/c16-14-5-12-13(8-19-14)18-7-9(6-17)15(12)20-10-1-3-11(4-2-10)21(22)23/h1-5,7-8H,(H,18,20). The highest BCUT2D eigenvalue weighted by atomic mass is 19.1. The van der Waals surface area contributed by atoms with Crippen LogP contribution in [0.4, 0.5) is 21.5 Å². The molecule has 1 aromatic carbocycles. The summed E-state index contributed by atoms with van der Waals surface area (Å²) in [5.41, 5.74) is 1.49. The number of nitrogens with zero attached hydrogens (tertiary/aromatic N) is 4. The summed E-state index contributed by atoms with van der Waals surface area (Å²) in [7, 11) is 0. The number of fused-ring (bicyclic) bond motifs is 1. The molecule has 0 radical (unpaired) electrons. The van der Waals surface area contributed by atoms with Gasteiger partial charge in [0, 0.05) is 35.5 Å². The average Bonchev–Trinajstić information content (AvgIpc) is 2.56. The van der Waals surface area contributed by atoms with E-state index in [-0.39, 0.29) is 11.3 Å². The number of nitriles is 1. The van der Waals surface area contributed by atoms with E-state index in [9.17, 15) is 19.8 Å². The summed E-state index contributed by atoms with van der Waals surface area (Å²) in [4.78, 5) is 17.7. The van der Waals surface area contributed by atoms with Gasteiger partial charge in [-0.2, -0.15) is 9.65 Å². The van der Waals surface area contributed by atoms with E-state index in [0.29, 0.717) is 22.3 Å². The second-order valence-corrected chi connectivity index (χ2v) is 4.61. The van der Waals surface area contributed by atoms with E-state index in [1.165, 1.54) is 42.7 Å². The molecule has 3 rings (SSSR count). The zero-order chi connectivity index (χ0) is 16.4. The fraction of sp³-hybridized carbons (Fsp3) is 0. The predicted molar refractivity (Wildman–Crippen MR) is 80.6 cm³/mol. The Morgan fingerprint density at radius 1 is 1.22 bits per heavy atom. The number of nitro groups is 1. The molecule has 23 heavy (non-hydrogen) atoms. The Morgan fingerprint density at radius 3 is 2.61 bits per heavy atom. The Labute approximate surface area is 129 Å². The SMILES string of the molecule is N#Cc1cnc2cnc(F)cc2c1Nc1ccc([N+](=O)[O-])cc1. The van der Waals surface area contributed by atoms with Crippen molar-refractivity contribution < 1.29 is 9.31 Å². The van der Waals surface area contributed by atoms with Gasteiger partial charge in [-0.05, 0) is 12.1 Å². The van der Waals surface area contributed by atoms with Crippen LogP contribution in [0.5, 0.6) is 0 Å². The number of halogens is 1. The highest BCUT2D eigenvalue weighted by Crippen LogP contribution is 2.29. The van der Waals surface area contributed by atoms with Crippen LogP contribution in [-0.2, 0) is 0 Å². The number of rotatable bonds is 3. The number of hydrogen-bond donors (Lipinski definition) is 1. The molecule has 7 nitrogen and oxygen atoms in total. The summed E-state index contributed by atoms with van der Waals surface area (Å²) in [6.45, 7) is 0. The number of benzene rings is 1. The lowest BCUT2D eigenvalue weighted by Gasteiger charge is -2.11. The van der Waals surface area contributed by atoms with Crippen molar-refractivity contribution in [2.24, 2.45) is 0 Å². The molecule has 0 aliphatic carbocycles. The van der Waals surface area contributed by atoms with E-state index in [2.05, 4.69) is 15.3 Å². The Morgan fingerprint density at radius 2 is 1.96 bits per heavy atom. The molecule has 0 spiro atoms. The molecule has 1 N–H and O–H groups in total. The number of hydrogen-bond acceptors (Lipinski definition) is 6. The van der Waals surface area contributed by atoms with E-state index in [1.807, 2.05) is 6.07 Å². The van der Waals surface area contributed by atoms with E-state index in [1.54, 1.807) is 0 Å². The molecule has 112 valence electrons. The maximum absolute atomic E-state index is 13.4. The molecule has 0 bridgehead atoms. The van der Waals surface area contributed by atoms with Crippen molar-refractivity contribution in [1.82, 2.24) is 9.97 Å². The van der Waals surface area contributed by atoms with Gasteiger partial charge in [0.1, 0.15) is 6.07 Å². The number of non-ortho nitro benzene ring substituents is 1. The average molecular weight is 309 g/mol. The molecule has 0 unspecified atom stereocenters. The topological polar surface area (TPSA) is 105 Å². The van der Waals surface area contributed by atoms with E-state index in [0.717, 1.165) is 0 Å². The lowest BCUT2D eigenvalue weighted by atomic mass is 10.1. The Balaban J connectivity index is 2.09. The third-order valence-corrected chi connectivity index (χ3v) is 3.19. The molecule has 0 aliphatic heterocycles. The van der Waals surface area contributed by atoms with E-state index < -0.39 is 10.9 Å². The molecule has 0 saturated heterocycles. The van der Waals surface area contributed by atoms with Crippen LogP contribution in [0.25, 0.3) is 10.9 Å². The van der Waals surface area contributed by atoms with Crippen molar-refractivity contribution in [2.75, 3.05) is 5.32 Å². The molecule has 0 amide bonds. The molecule has 0 fully saturated rings. The molecule has 0 aliphatic rings. The first kappa shape index (κ1) is 14.3. The molecule has 2 heterocycles. The lowest BCUT2D eigenvalue weighted by Crippen LogP contribution is -1.98. The monoisotopic (exact) mass is 309 g/mol. The summed E-state index contributed by atoms with van der Waals surface area (Å²) >= 11 is 0. The van der Waals surface area contributed by atoms with Crippen molar-refractivity contribution in [2.45, 2.75) is 0 Å². The van der Waals surface area contributed by atoms with Gasteiger partial charge in [0.2, 0.25) is 5.95 Å². The minimum atomic E-state index is -0.693. The minimum absolute atomic E-state index is 0.0501. The number of aromatic nitrogens is 2. The van der Waals surface area contributed by atoms with Gasteiger partial charge < -0.3 is 5.32 Å². The molecule has 0 atom stereocenters. The highest BCUT2D eigenvalue weighted by molar-refractivity contribution is 5.95. The molecule has 2 aromatic heterocycles. The fourth-order valence-electron chi connectivity index (χ4n) is 2.10. The summed E-state index contributed by atoms with van der Waals surface area (Å²) in [5, 5.41) is 23.3. The summed E-state index contributed by atoms with van der Waals surface area (Å²) < 4.78 is 13.4. The molecule has 8 heteroatoms. The molecular weight excluding hydrogens is 301 g/mol. The first-order chi connectivity index (χ1) is 11.1. The van der Waals surface area contributed by atoms with Crippen LogP contribution in [0.2, 0.25) is 0 Å².